The molecule has 0 unspecified atom stereocenters. The van der Waals surface area contributed by atoms with E-state index in [1.54, 1.807) is 12.2 Å². The van der Waals surface area contributed by atoms with Crippen molar-refractivity contribution in [2.24, 2.45) is 0 Å². The van der Waals surface area contributed by atoms with Crippen molar-refractivity contribution in [3.8, 4) is 0 Å². The Hall–Kier alpha value is -3.45. The van der Waals surface area contributed by atoms with E-state index in [1.165, 1.54) is 30.4 Å². The molecule has 5 rings (SSSR count). The predicted molar refractivity (Wildman–Crippen MR) is 184 cm³/mol. The summed E-state index contributed by atoms with van der Waals surface area (Å²) in [5, 5.41) is 7.63. The molecule has 0 bridgehead atoms. The molecule has 45 heavy (non-hydrogen) atoms. The second-order valence-corrected chi connectivity index (χ2v) is 13.4. The largest absolute Gasteiger partial charge is 0.346 e. The smallest absolute Gasteiger partial charge is 0.244 e. The van der Waals surface area contributed by atoms with Crippen LogP contribution in [-0.4, -0.2) is 72.0 Å². The van der Waals surface area contributed by atoms with Crippen molar-refractivity contribution in [1.82, 2.24) is 20.4 Å². The molecule has 3 aromatic carbocycles. The molecule has 6 nitrogen and oxygen atoms in total. The van der Waals surface area contributed by atoms with Gasteiger partial charge in [0.2, 0.25) is 11.8 Å². The van der Waals surface area contributed by atoms with E-state index in [9.17, 15) is 9.59 Å². The van der Waals surface area contributed by atoms with Crippen LogP contribution in [-0.2, 0) is 9.59 Å². The van der Waals surface area contributed by atoms with Gasteiger partial charge >= 0.3 is 0 Å². The van der Waals surface area contributed by atoms with Crippen molar-refractivity contribution in [3.63, 3.8) is 0 Å². The lowest BCUT2D eigenvalue weighted by atomic mass is 9.90. The topological polar surface area (TPSA) is 64.7 Å². The van der Waals surface area contributed by atoms with Crippen LogP contribution in [0.25, 0.3) is 6.08 Å². The van der Waals surface area contributed by atoms with Gasteiger partial charge in [-0.1, -0.05) is 90.8 Å². The second-order valence-electron chi connectivity index (χ2n) is 13.0. The summed E-state index contributed by atoms with van der Waals surface area (Å²) in [6.07, 6.45) is 8.57. The third-order valence-electron chi connectivity index (χ3n) is 9.30. The number of nitrogens with zero attached hydrogens (tertiary/aromatic N) is 2. The fraction of sp³-hybridized carbons (Fsp3) is 0.421. The molecule has 0 aliphatic carbocycles. The summed E-state index contributed by atoms with van der Waals surface area (Å²) < 4.78 is 0. The van der Waals surface area contributed by atoms with E-state index in [2.05, 4.69) is 82.8 Å². The predicted octanol–water partition coefficient (Wildman–Crippen LogP) is 6.52. The zero-order chi connectivity index (χ0) is 31.6. The second kappa shape index (κ2) is 15.7. The zero-order valence-corrected chi connectivity index (χ0v) is 27.4. The van der Waals surface area contributed by atoms with E-state index in [-0.39, 0.29) is 29.8 Å². The highest BCUT2D eigenvalue weighted by Crippen LogP contribution is 2.28. The third-order valence-corrected chi connectivity index (χ3v) is 9.56. The van der Waals surface area contributed by atoms with Crippen molar-refractivity contribution >= 4 is 29.5 Å². The van der Waals surface area contributed by atoms with Gasteiger partial charge in [0.25, 0.3) is 0 Å². The van der Waals surface area contributed by atoms with Crippen LogP contribution in [0, 0.1) is 0 Å². The summed E-state index contributed by atoms with van der Waals surface area (Å²) in [7, 11) is 0. The van der Waals surface area contributed by atoms with Gasteiger partial charge in [0.1, 0.15) is 0 Å². The van der Waals surface area contributed by atoms with Gasteiger partial charge < -0.3 is 20.4 Å². The maximum Gasteiger partial charge on any atom is 0.244 e. The number of rotatable bonds is 11. The fourth-order valence-corrected chi connectivity index (χ4v) is 6.78. The van der Waals surface area contributed by atoms with Crippen LogP contribution in [0.1, 0.15) is 68.6 Å². The van der Waals surface area contributed by atoms with Gasteiger partial charge in [-0.05, 0) is 87.5 Å². The summed E-state index contributed by atoms with van der Waals surface area (Å²) >= 11 is 6.01. The number of nitrogens with one attached hydrogen (secondary N) is 2. The Morgan fingerprint density at radius 1 is 0.933 bits per heavy atom. The lowest BCUT2D eigenvalue weighted by Gasteiger charge is -2.36. The number of carbonyl (C=O) groups excluding carboxylic acids is 2. The molecule has 2 saturated heterocycles. The highest BCUT2D eigenvalue weighted by molar-refractivity contribution is 6.30. The number of hydrogen-bond acceptors (Lipinski definition) is 4. The molecule has 2 atom stereocenters. The summed E-state index contributed by atoms with van der Waals surface area (Å²) in [5.41, 5.74) is 2.73. The van der Waals surface area contributed by atoms with Crippen LogP contribution < -0.4 is 10.6 Å². The maximum absolute atomic E-state index is 14.3. The van der Waals surface area contributed by atoms with Crippen LogP contribution in [0.4, 0.5) is 0 Å². The standard InChI is InChI=1S/C38H47ClN4O2/c1-38(2,41-36(44)21-18-29-16-19-32(39)20-17-29)35-23-27-43(37(45)34(40-35)22-26-42-24-10-5-11-25-42)28-33(30-12-6-3-7-13-30)31-14-8-4-9-15-31/h3-4,6-9,12-21,33-35,40H,5,10-11,22-28H2,1-2H3,(H,41,44)/b21-18+/t34-,35-/m1/s1. The van der Waals surface area contributed by atoms with Crippen LogP contribution >= 0.6 is 11.6 Å². The summed E-state index contributed by atoms with van der Waals surface area (Å²) in [4.78, 5) is 32.0. The molecule has 2 fully saturated rings. The molecular formula is C38H47ClN4O2. The molecule has 2 amide bonds. The van der Waals surface area contributed by atoms with Gasteiger partial charge in [0, 0.05) is 42.7 Å². The van der Waals surface area contributed by atoms with Gasteiger partial charge in [-0.3, -0.25) is 9.59 Å². The molecule has 0 aromatic heterocycles. The molecule has 0 saturated carbocycles. The van der Waals surface area contributed by atoms with Crippen molar-refractivity contribution in [2.45, 2.75) is 69.5 Å². The van der Waals surface area contributed by atoms with Crippen LogP contribution in [0.3, 0.4) is 0 Å². The normalized spacial score (nSPS) is 20.0. The number of hydrogen-bond donors (Lipinski definition) is 2. The van der Waals surface area contributed by atoms with E-state index in [1.807, 2.05) is 36.4 Å². The third kappa shape index (κ3) is 9.29. The average Bonchev–Trinajstić information content (AvgIpc) is 3.22. The monoisotopic (exact) mass is 626 g/mol. The molecule has 0 spiro atoms. The number of benzene rings is 3. The zero-order valence-electron chi connectivity index (χ0n) is 26.6. The minimum Gasteiger partial charge on any atom is -0.346 e. The number of carbonyl (C=O) groups is 2. The Labute approximate surface area is 273 Å². The first-order chi connectivity index (χ1) is 21.8. The van der Waals surface area contributed by atoms with E-state index >= 15 is 0 Å². The number of amides is 2. The minimum absolute atomic E-state index is 0.0707. The summed E-state index contributed by atoms with van der Waals surface area (Å²) in [6, 6.07) is 28.0. The average molecular weight is 627 g/mol. The van der Waals surface area contributed by atoms with Crippen LogP contribution in [0.15, 0.2) is 91.0 Å². The number of halogens is 1. The lowest BCUT2D eigenvalue weighted by Crippen LogP contribution is -2.60. The summed E-state index contributed by atoms with van der Waals surface area (Å²) in [5.74, 6) is 0.0553. The van der Waals surface area contributed by atoms with Crippen LogP contribution in [0.5, 0.6) is 0 Å². The van der Waals surface area contributed by atoms with Crippen molar-refractivity contribution in [3.05, 3.63) is 113 Å². The van der Waals surface area contributed by atoms with Gasteiger partial charge in [-0.25, -0.2) is 0 Å². The van der Waals surface area contributed by atoms with Gasteiger partial charge in [0.15, 0.2) is 0 Å². The fourth-order valence-electron chi connectivity index (χ4n) is 6.65. The van der Waals surface area contributed by atoms with Gasteiger partial charge in [0.05, 0.1) is 11.6 Å². The first-order valence-corrected chi connectivity index (χ1v) is 16.8. The SMILES string of the molecule is CC(C)(NC(=O)/C=C/c1ccc(Cl)cc1)[C@H]1CCN(CC(c2ccccc2)c2ccccc2)C(=O)[C@@H](CCN2CCCCC2)N1. The molecule has 2 aliphatic rings. The molecule has 238 valence electrons. The highest BCUT2D eigenvalue weighted by Gasteiger charge is 2.39. The molecule has 0 radical (unpaired) electrons. The maximum atomic E-state index is 14.3. The first kappa shape index (κ1) is 32.9. The quantitative estimate of drug-likeness (QED) is 0.238. The molecule has 2 aliphatic heterocycles. The van der Waals surface area contributed by atoms with Crippen molar-refractivity contribution < 1.29 is 9.59 Å². The number of likely N-dealkylation sites (tertiary alicyclic amines) is 1. The van der Waals surface area contributed by atoms with Gasteiger partial charge in [-0.2, -0.15) is 0 Å². The Morgan fingerprint density at radius 2 is 1.56 bits per heavy atom. The Bertz CT molecular complexity index is 1370. The molecular weight excluding hydrogens is 580 g/mol. The molecule has 3 aromatic rings. The van der Waals surface area contributed by atoms with Crippen molar-refractivity contribution in [2.75, 3.05) is 32.7 Å². The van der Waals surface area contributed by atoms with E-state index in [4.69, 9.17) is 11.6 Å². The van der Waals surface area contributed by atoms with Crippen molar-refractivity contribution in [1.29, 1.82) is 0 Å². The van der Waals surface area contributed by atoms with E-state index in [0.29, 0.717) is 18.1 Å². The molecule has 2 heterocycles. The first-order valence-electron chi connectivity index (χ1n) is 16.4. The van der Waals surface area contributed by atoms with Crippen LogP contribution in [0.2, 0.25) is 5.02 Å². The van der Waals surface area contributed by atoms with Gasteiger partial charge in [-0.15, -0.1) is 0 Å². The highest BCUT2D eigenvalue weighted by atomic mass is 35.5. The van der Waals surface area contributed by atoms with E-state index in [0.717, 1.165) is 38.0 Å². The Balaban J connectivity index is 1.34. The summed E-state index contributed by atoms with van der Waals surface area (Å²) in [6.45, 7) is 8.42. The van der Waals surface area contributed by atoms with E-state index < -0.39 is 5.54 Å². The Morgan fingerprint density at radius 3 is 2.18 bits per heavy atom. The Kier molecular flexibility index (Phi) is 11.5. The number of piperidine rings is 1. The molecule has 7 heteroatoms. The minimum atomic E-state index is -0.584. The lowest BCUT2D eigenvalue weighted by molar-refractivity contribution is -0.133. The molecule has 2 N–H and O–H groups in total.